The highest BCUT2D eigenvalue weighted by molar-refractivity contribution is 5.95. The molecule has 0 saturated heterocycles. The van der Waals surface area contributed by atoms with Crippen molar-refractivity contribution in [1.29, 1.82) is 0 Å². The van der Waals surface area contributed by atoms with Crippen LogP contribution in [0.15, 0.2) is 60.8 Å². The number of anilines is 2. The molecule has 2 aromatic carbocycles. The molecule has 106 valence electrons. The summed E-state index contributed by atoms with van der Waals surface area (Å²) in [5.74, 6) is 0.0393. The van der Waals surface area contributed by atoms with E-state index in [4.69, 9.17) is 0 Å². The van der Waals surface area contributed by atoms with Crippen LogP contribution in [-0.4, -0.2) is 12.8 Å². The van der Waals surface area contributed by atoms with Gasteiger partial charge in [-0.05, 0) is 31.2 Å². The van der Waals surface area contributed by atoms with Crippen LogP contribution in [0, 0.1) is 0 Å². The molecule has 0 aromatic heterocycles. The van der Waals surface area contributed by atoms with Gasteiger partial charge in [0, 0.05) is 29.5 Å². The Morgan fingerprint density at radius 1 is 1.05 bits per heavy atom. The van der Waals surface area contributed by atoms with E-state index in [0.717, 1.165) is 22.6 Å². The van der Waals surface area contributed by atoms with Gasteiger partial charge in [-0.3, -0.25) is 4.79 Å². The van der Waals surface area contributed by atoms with Crippen LogP contribution in [0.4, 0.5) is 11.4 Å². The van der Waals surface area contributed by atoms with Crippen molar-refractivity contribution in [3.8, 4) is 0 Å². The second kappa shape index (κ2) is 6.60. The Kier molecular flexibility index (Phi) is 4.60. The van der Waals surface area contributed by atoms with Crippen LogP contribution >= 0.6 is 0 Å². The van der Waals surface area contributed by atoms with E-state index >= 15 is 0 Å². The van der Waals surface area contributed by atoms with E-state index in [1.165, 1.54) is 0 Å². The molecule has 0 amide bonds. The molecule has 0 radical (unpaired) electrons. The maximum atomic E-state index is 11.5. The highest BCUT2D eigenvalue weighted by Gasteiger charge is 2.05. The first-order chi connectivity index (χ1) is 10.1. The monoisotopic (exact) mass is 278 g/mol. The summed E-state index contributed by atoms with van der Waals surface area (Å²) < 4.78 is 0. The molecule has 0 fully saturated rings. The van der Waals surface area contributed by atoms with Crippen molar-refractivity contribution in [1.82, 2.24) is 0 Å². The van der Waals surface area contributed by atoms with Crippen LogP contribution in [0.25, 0.3) is 5.70 Å². The second-order valence-corrected chi connectivity index (χ2v) is 4.64. The van der Waals surface area contributed by atoms with Gasteiger partial charge in [0.25, 0.3) is 0 Å². The average Bonchev–Trinajstić information content (AvgIpc) is 2.53. The van der Waals surface area contributed by atoms with E-state index in [1.54, 1.807) is 13.0 Å². The molecule has 21 heavy (non-hydrogen) atoms. The van der Waals surface area contributed by atoms with Gasteiger partial charge in [0.2, 0.25) is 0 Å². The second-order valence-electron chi connectivity index (χ2n) is 4.64. The maximum Gasteiger partial charge on any atom is 0.159 e. The van der Waals surface area contributed by atoms with Gasteiger partial charge in [-0.1, -0.05) is 30.8 Å². The third-order valence-electron chi connectivity index (χ3n) is 3.16. The number of nitrogens with one attached hydrogen (secondary N) is 2. The standard InChI is InChI=1S/C18H18N2O/c1-4-18(15-8-5-7-14(11-15)13(2)21)20-17-10-6-9-16(12-17)19-3/h5-12,19-20H,1H2,2-3H3. The van der Waals surface area contributed by atoms with Crippen molar-refractivity contribution < 1.29 is 4.79 Å². The van der Waals surface area contributed by atoms with Gasteiger partial charge in [0.05, 0.1) is 5.70 Å². The lowest BCUT2D eigenvalue weighted by atomic mass is 10.1. The van der Waals surface area contributed by atoms with Crippen LogP contribution in [0.2, 0.25) is 0 Å². The summed E-state index contributed by atoms with van der Waals surface area (Å²) in [4.78, 5) is 11.5. The van der Waals surface area contributed by atoms with Gasteiger partial charge in [-0.25, -0.2) is 0 Å². The Bertz CT molecular complexity index is 713. The molecule has 2 rings (SSSR count). The van der Waals surface area contributed by atoms with E-state index in [2.05, 4.69) is 22.9 Å². The molecule has 3 heteroatoms. The molecule has 0 spiro atoms. The summed E-state index contributed by atoms with van der Waals surface area (Å²) in [6, 6.07) is 15.3. The fraction of sp³-hybridized carbons (Fsp3) is 0.111. The number of Topliss-reactive ketones (excluding diaryl/α,β-unsaturated/α-hetero) is 1. The first kappa shape index (κ1) is 14.6. The molecule has 0 unspecified atom stereocenters. The minimum atomic E-state index is 0.0393. The van der Waals surface area contributed by atoms with Gasteiger partial charge in [0.1, 0.15) is 0 Å². The molecule has 0 bridgehead atoms. The third kappa shape index (κ3) is 3.62. The van der Waals surface area contributed by atoms with Crippen LogP contribution in [-0.2, 0) is 0 Å². The molecule has 2 aromatic rings. The molecule has 0 aliphatic rings. The number of benzene rings is 2. The maximum absolute atomic E-state index is 11.5. The molecule has 2 N–H and O–H groups in total. The largest absolute Gasteiger partial charge is 0.388 e. The Balaban J connectivity index is 2.30. The van der Waals surface area contributed by atoms with Crippen molar-refractivity contribution >= 4 is 22.9 Å². The van der Waals surface area contributed by atoms with Crippen LogP contribution < -0.4 is 10.6 Å². The molecule has 0 aliphatic carbocycles. The topological polar surface area (TPSA) is 41.1 Å². The van der Waals surface area contributed by atoms with E-state index in [9.17, 15) is 4.79 Å². The van der Waals surface area contributed by atoms with Crippen LogP contribution in [0.5, 0.6) is 0 Å². The first-order valence-electron chi connectivity index (χ1n) is 6.70. The van der Waals surface area contributed by atoms with E-state index in [-0.39, 0.29) is 5.78 Å². The van der Waals surface area contributed by atoms with E-state index in [1.807, 2.05) is 49.5 Å². The average molecular weight is 278 g/mol. The predicted molar refractivity (Wildman–Crippen MR) is 88.6 cm³/mol. The Hall–Kier alpha value is -2.77. The Morgan fingerprint density at radius 2 is 1.71 bits per heavy atom. The molecular weight excluding hydrogens is 260 g/mol. The fourth-order valence-electron chi connectivity index (χ4n) is 2.01. The lowest BCUT2D eigenvalue weighted by Crippen LogP contribution is -2.00. The zero-order chi connectivity index (χ0) is 15.2. The number of hydrogen-bond acceptors (Lipinski definition) is 3. The van der Waals surface area contributed by atoms with Gasteiger partial charge >= 0.3 is 0 Å². The van der Waals surface area contributed by atoms with Gasteiger partial charge in [-0.2, -0.15) is 0 Å². The summed E-state index contributed by atoms with van der Waals surface area (Å²) in [6.07, 6.45) is 0. The van der Waals surface area contributed by atoms with Crippen LogP contribution in [0.1, 0.15) is 22.8 Å². The summed E-state index contributed by atoms with van der Waals surface area (Å²) >= 11 is 0. The van der Waals surface area contributed by atoms with Gasteiger partial charge < -0.3 is 10.6 Å². The third-order valence-corrected chi connectivity index (χ3v) is 3.16. The smallest absolute Gasteiger partial charge is 0.159 e. The minimum Gasteiger partial charge on any atom is -0.388 e. The lowest BCUT2D eigenvalue weighted by molar-refractivity contribution is 0.101. The summed E-state index contributed by atoms with van der Waals surface area (Å²) in [7, 11) is 1.87. The SMILES string of the molecule is C=C=C(Nc1cccc(NC)c1)c1cccc(C(C)=O)c1. The number of hydrogen-bond donors (Lipinski definition) is 2. The van der Waals surface area contributed by atoms with Crippen molar-refractivity contribution in [2.75, 3.05) is 17.7 Å². The number of rotatable bonds is 5. The molecule has 0 atom stereocenters. The van der Waals surface area contributed by atoms with Crippen molar-refractivity contribution in [2.24, 2.45) is 0 Å². The summed E-state index contributed by atoms with van der Waals surface area (Å²) in [5.41, 5.74) is 7.14. The number of ketones is 1. The Morgan fingerprint density at radius 3 is 2.38 bits per heavy atom. The molecule has 0 saturated carbocycles. The normalized spacial score (nSPS) is 9.62. The Labute approximate surface area is 125 Å². The molecule has 0 heterocycles. The highest BCUT2D eigenvalue weighted by atomic mass is 16.1. The molecule has 3 nitrogen and oxygen atoms in total. The fourth-order valence-corrected chi connectivity index (χ4v) is 2.01. The van der Waals surface area contributed by atoms with Crippen molar-refractivity contribution in [3.63, 3.8) is 0 Å². The first-order valence-corrected chi connectivity index (χ1v) is 6.70. The number of carbonyl (C=O) groups excluding carboxylic acids is 1. The number of carbonyl (C=O) groups is 1. The minimum absolute atomic E-state index is 0.0393. The van der Waals surface area contributed by atoms with E-state index in [0.29, 0.717) is 5.56 Å². The zero-order valence-electron chi connectivity index (χ0n) is 12.2. The molecular formula is C18H18N2O. The van der Waals surface area contributed by atoms with E-state index < -0.39 is 0 Å². The van der Waals surface area contributed by atoms with Gasteiger partial charge in [0.15, 0.2) is 5.78 Å². The zero-order valence-corrected chi connectivity index (χ0v) is 12.2. The lowest BCUT2D eigenvalue weighted by Gasteiger charge is -2.11. The van der Waals surface area contributed by atoms with Crippen molar-refractivity contribution in [3.05, 3.63) is 72.0 Å². The van der Waals surface area contributed by atoms with Crippen LogP contribution in [0.3, 0.4) is 0 Å². The van der Waals surface area contributed by atoms with Gasteiger partial charge in [-0.15, -0.1) is 5.73 Å². The molecule has 0 aliphatic heterocycles. The summed E-state index contributed by atoms with van der Waals surface area (Å²) in [5, 5.41) is 6.37. The van der Waals surface area contributed by atoms with Crippen molar-refractivity contribution in [2.45, 2.75) is 6.92 Å². The predicted octanol–water partition coefficient (Wildman–Crippen LogP) is 4.17. The summed E-state index contributed by atoms with van der Waals surface area (Å²) in [6.45, 7) is 5.28. The highest BCUT2D eigenvalue weighted by Crippen LogP contribution is 2.21. The quantitative estimate of drug-likeness (QED) is 0.637.